The highest BCUT2D eigenvalue weighted by Crippen LogP contribution is 2.36. The average Bonchev–Trinajstić information content (AvgIpc) is 2.76. The number of urea groups is 1. The van der Waals surface area contributed by atoms with Crippen molar-refractivity contribution in [1.82, 2.24) is 5.01 Å². The van der Waals surface area contributed by atoms with E-state index in [2.05, 4.69) is 5.10 Å². The first kappa shape index (κ1) is 12.8. The van der Waals surface area contributed by atoms with Crippen LogP contribution in [0.2, 0.25) is 0 Å². The molecular weight excluding hydrogens is 238 g/mol. The molecule has 2 N–H and O–H groups in total. The summed E-state index contributed by atoms with van der Waals surface area (Å²) in [4.78, 5) is 23.2. The molecule has 0 unspecified atom stereocenters. The van der Waals surface area contributed by atoms with Gasteiger partial charge in [-0.1, -0.05) is 0 Å². The zero-order chi connectivity index (χ0) is 13.3. The second-order valence-electron chi connectivity index (χ2n) is 4.37. The summed E-state index contributed by atoms with van der Waals surface area (Å²) in [7, 11) is 0. The second-order valence-corrected chi connectivity index (χ2v) is 4.37. The van der Waals surface area contributed by atoms with Crippen molar-refractivity contribution in [1.29, 1.82) is 0 Å². The zero-order valence-electron chi connectivity index (χ0n) is 10.5. The van der Waals surface area contributed by atoms with Crippen LogP contribution in [0, 0.1) is 11.8 Å². The number of amides is 2. The molecule has 7 nitrogen and oxygen atoms in total. The first-order chi connectivity index (χ1) is 8.56. The number of rotatable bonds is 2. The number of ether oxygens (including phenoxy) is 2. The Labute approximate surface area is 105 Å². The molecule has 1 saturated heterocycles. The van der Waals surface area contributed by atoms with E-state index >= 15 is 0 Å². The van der Waals surface area contributed by atoms with Gasteiger partial charge in [0.05, 0.1) is 12.3 Å². The molecule has 0 aromatic carbocycles. The smallest absolute Gasteiger partial charge is 0.337 e. The van der Waals surface area contributed by atoms with Crippen LogP contribution in [-0.2, 0) is 14.3 Å². The van der Waals surface area contributed by atoms with Crippen molar-refractivity contribution in [3.63, 3.8) is 0 Å². The molecule has 0 aromatic rings. The molecule has 3 atom stereocenters. The Hall–Kier alpha value is -1.63. The quantitative estimate of drug-likeness (QED) is 0.718. The molecule has 7 heteroatoms. The molecule has 0 bridgehead atoms. The summed E-state index contributed by atoms with van der Waals surface area (Å²) >= 11 is 0. The Morgan fingerprint density at radius 3 is 2.94 bits per heavy atom. The number of primary amides is 1. The maximum Gasteiger partial charge on any atom is 0.337 e. The van der Waals surface area contributed by atoms with Crippen LogP contribution in [0.15, 0.2) is 5.10 Å². The molecule has 2 rings (SSSR count). The van der Waals surface area contributed by atoms with Crippen LogP contribution in [0.25, 0.3) is 0 Å². The van der Waals surface area contributed by atoms with Gasteiger partial charge in [-0.2, -0.15) is 10.1 Å². The highest BCUT2D eigenvalue weighted by molar-refractivity contribution is 6.02. The number of hydrazone groups is 1. The van der Waals surface area contributed by atoms with Crippen LogP contribution in [-0.4, -0.2) is 42.2 Å². The third-order valence-corrected chi connectivity index (χ3v) is 3.26. The lowest BCUT2D eigenvalue weighted by Crippen LogP contribution is -2.51. The van der Waals surface area contributed by atoms with Gasteiger partial charge in [0.15, 0.2) is 6.23 Å². The third kappa shape index (κ3) is 2.05. The third-order valence-electron chi connectivity index (χ3n) is 3.26. The topological polar surface area (TPSA) is 94.2 Å². The maximum atomic E-state index is 11.9. The number of hydrogen-bond acceptors (Lipinski definition) is 5. The molecule has 0 spiro atoms. The second kappa shape index (κ2) is 4.93. The van der Waals surface area contributed by atoms with Crippen LogP contribution in [0.1, 0.15) is 20.3 Å². The van der Waals surface area contributed by atoms with Crippen LogP contribution in [0.4, 0.5) is 4.79 Å². The summed E-state index contributed by atoms with van der Waals surface area (Å²) in [6, 6.07) is -0.673. The van der Waals surface area contributed by atoms with E-state index in [1.807, 2.05) is 0 Å². The van der Waals surface area contributed by atoms with Gasteiger partial charge in [-0.3, -0.25) is 4.79 Å². The minimum atomic E-state index is -0.673. The predicted octanol–water partition coefficient (Wildman–Crippen LogP) is 0.298. The zero-order valence-corrected chi connectivity index (χ0v) is 10.5. The Bertz CT molecular complexity index is 396. The van der Waals surface area contributed by atoms with E-state index in [4.69, 9.17) is 15.2 Å². The SMILES string of the molecule is CCOC(=O)[C@H]1C(C)=NN(C(N)=O)[C@H]2OCC[C@@H]12. The van der Waals surface area contributed by atoms with E-state index < -0.39 is 18.2 Å². The van der Waals surface area contributed by atoms with Crippen molar-refractivity contribution in [2.45, 2.75) is 26.5 Å². The summed E-state index contributed by atoms with van der Waals surface area (Å²) in [5.41, 5.74) is 5.79. The van der Waals surface area contributed by atoms with Gasteiger partial charge in [-0.15, -0.1) is 0 Å². The molecule has 1 fully saturated rings. The lowest BCUT2D eigenvalue weighted by molar-refractivity contribution is -0.149. The Balaban J connectivity index is 2.29. The van der Waals surface area contributed by atoms with E-state index in [0.29, 0.717) is 25.3 Å². The van der Waals surface area contributed by atoms with Gasteiger partial charge in [0, 0.05) is 12.5 Å². The molecule has 0 aliphatic carbocycles. The fourth-order valence-electron chi connectivity index (χ4n) is 2.53. The van der Waals surface area contributed by atoms with Gasteiger partial charge < -0.3 is 15.2 Å². The van der Waals surface area contributed by atoms with Crippen molar-refractivity contribution in [3.05, 3.63) is 0 Å². The Kier molecular flexibility index (Phi) is 3.51. The van der Waals surface area contributed by atoms with E-state index in [9.17, 15) is 9.59 Å². The first-order valence-electron chi connectivity index (χ1n) is 5.98. The predicted molar refractivity (Wildman–Crippen MR) is 62.5 cm³/mol. The fraction of sp³-hybridized carbons (Fsp3) is 0.727. The van der Waals surface area contributed by atoms with Crippen molar-refractivity contribution in [2.75, 3.05) is 13.2 Å². The molecule has 18 heavy (non-hydrogen) atoms. The van der Waals surface area contributed by atoms with Crippen LogP contribution < -0.4 is 5.73 Å². The lowest BCUT2D eigenvalue weighted by atomic mass is 9.85. The van der Waals surface area contributed by atoms with Gasteiger partial charge in [-0.25, -0.2) is 4.79 Å². The molecule has 2 heterocycles. The Morgan fingerprint density at radius 2 is 2.33 bits per heavy atom. The van der Waals surface area contributed by atoms with Gasteiger partial charge in [0.2, 0.25) is 0 Å². The number of hydrogen-bond donors (Lipinski definition) is 1. The molecule has 2 aliphatic heterocycles. The van der Waals surface area contributed by atoms with Crippen LogP contribution >= 0.6 is 0 Å². The van der Waals surface area contributed by atoms with Gasteiger partial charge in [0.25, 0.3) is 0 Å². The fourth-order valence-corrected chi connectivity index (χ4v) is 2.53. The van der Waals surface area contributed by atoms with E-state index in [-0.39, 0.29) is 11.9 Å². The monoisotopic (exact) mass is 255 g/mol. The normalized spacial score (nSPS) is 30.7. The van der Waals surface area contributed by atoms with E-state index in [1.54, 1.807) is 13.8 Å². The lowest BCUT2D eigenvalue weighted by Gasteiger charge is -2.35. The minimum absolute atomic E-state index is 0.131. The van der Waals surface area contributed by atoms with Crippen molar-refractivity contribution >= 4 is 17.7 Å². The highest BCUT2D eigenvalue weighted by Gasteiger charge is 2.48. The molecule has 100 valence electrons. The molecular formula is C11H17N3O4. The summed E-state index contributed by atoms with van der Waals surface area (Å²) in [5.74, 6) is -0.898. The van der Waals surface area contributed by atoms with Gasteiger partial charge >= 0.3 is 12.0 Å². The maximum absolute atomic E-state index is 11.9. The van der Waals surface area contributed by atoms with Gasteiger partial charge in [-0.05, 0) is 20.3 Å². The van der Waals surface area contributed by atoms with Crippen molar-refractivity contribution < 1.29 is 19.1 Å². The van der Waals surface area contributed by atoms with E-state index in [0.717, 1.165) is 5.01 Å². The van der Waals surface area contributed by atoms with Crippen molar-refractivity contribution in [2.24, 2.45) is 22.7 Å². The van der Waals surface area contributed by atoms with Gasteiger partial charge in [0.1, 0.15) is 5.92 Å². The standard InChI is InChI=1S/C11H17N3O4/c1-3-17-10(15)8-6(2)13-14(11(12)16)9-7(8)4-5-18-9/h7-9H,3-5H2,1-2H3,(H2,12,16)/t7-,8-,9-/m0/s1. The van der Waals surface area contributed by atoms with Crippen molar-refractivity contribution in [3.8, 4) is 0 Å². The number of nitrogens with zero attached hydrogens (tertiary/aromatic N) is 2. The number of esters is 1. The summed E-state index contributed by atoms with van der Waals surface area (Å²) in [5, 5.41) is 5.17. The molecule has 0 radical (unpaired) electrons. The highest BCUT2D eigenvalue weighted by atomic mass is 16.5. The summed E-state index contributed by atoms with van der Waals surface area (Å²) in [6.07, 6.45) is 0.130. The summed E-state index contributed by atoms with van der Waals surface area (Å²) < 4.78 is 10.5. The average molecular weight is 255 g/mol. The Morgan fingerprint density at radius 1 is 1.61 bits per heavy atom. The van der Waals surface area contributed by atoms with Crippen LogP contribution in [0.3, 0.4) is 0 Å². The number of nitrogens with two attached hydrogens (primary N) is 1. The summed E-state index contributed by atoms with van der Waals surface area (Å²) in [6.45, 7) is 4.26. The molecule has 0 aromatic heterocycles. The first-order valence-corrected chi connectivity index (χ1v) is 5.98. The number of carbonyl (C=O) groups excluding carboxylic acids is 2. The minimum Gasteiger partial charge on any atom is -0.465 e. The largest absolute Gasteiger partial charge is 0.465 e. The number of fused-ring (bicyclic) bond motifs is 1. The van der Waals surface area contributed by atoms with E-state index in [1.165, 1.54) is 0 Å². The van der Waals surface area contributed by atoms with Crippen LogP contribution in [0.5, 0.6) is 0 Å². The molecule has 2 amide bonds. The molecule has 2 aliphatic rings. The number of carbonyl (C=O) groups is 2. The molecule has 0 saturated carbocycles.